The number of halogens is 2. The van der Waals surface area contributed by atoms with Gasteiger partial charge in [0.15, 0.2) is 0 Å². The van der Waals surface area contributed by atoms with Crippen LogP contribution < -0.4 is 0 Å². The normalized spacial score (nSPS) is 57.1. The Labute approximate surface area is 161 Å². The summed E-state index contributed by atoms with van der Waals surface area (Å²) in [6.45, 7) is 4.99. The van der Waals surface area contributed by atoms with Crippen LogP contribution in [-0.4, -0.2) is 21.4 Å². The van der Waals surface area contributed by atoms with E-state index in [1.807, 2.05) is 0 Å². The average Bonchev–Trinajstić information content (AvgIpc) is 2.79. The van der Waals surface area contributed by atoms with Crippen molar-refractivity contribution < 1.29 is 5.11 Å². The third-order valence-electron chi connectivity index (χ3n) is 9.40. The number of fused-ring (bicyclic) bond motifs is 5. The van der Waals surface area contributed by atoms with Crippen molar-refractivity contribution in [3.05, 3.63) is 0 Å². The van der Waals surface area contributed by atoms with Crippen LogP contribution in [0.3, 0.4) is 0 Å². The minimum atomic E-state index is -0.439. The van der Waals surface area contributed by atoms with Crippen molar-refractivity contribution in [3.8, 4) is 0 Å². The van der Waals surface area contributed by atoms with Gasteiger partial charge < -0.3 is 5.11 Å². The Hall–Kier alpha value is 0.730. The molecule has 138 valence electrons. The lowest BCUT2D eigenvalue weighted by molar-refractivity contribution is -0.151. The second-order valence-electron chi connectivity index (χ2n) is 9.94. The summed E-state index contributed by atoms with van der Waals surface area (Å²) in [5.74, 6) is 3.15. The maximum atomic E-state index is 11.4. The highest BCUT2D eigenvalue weighted by atomic mass is 79.9. The first-order valence-electron chi connectivity index (χ1n) is 10.3. The molecule has 4 fully saturated rings. The van der Waals surface area contributed by atoms with Crippen LogP contribution in [0.2, 0.25) is 0 Å². The zero-order valence-corrected chi connectivity index (χ0v) is 17.7. The number of alkyl halides is 2. The fourth-order valence-corrected chi connectivity index (χ4v) is 9.23. The molecular weight excluding hydrogens is 384 g/mol. The Kier molecular flexibility index (Phi) is 4.62. The van der Waals surface area contributed by atoms with Gasteiger partial charge in [0.05, 0.1) is 5.60 Å². The van der Waals surface area contributed by atoms with Gasteiger partial charge in [0.2, 0.25) is 0 Å². The summed E-state index contributed by atoms with van der Waals surface area (Å²) < 4.78 is 0. The summed E-state index contributed by atoms with van der Waals surface area (Å²) in [5, 5.41) is 12.8. The minimum absolute atomic E-state index is 0.139. The highest BCUT2D eigenvalue weighted by Crippen LogP contribution is 2.69. The van der Waals surface area contributed by atoms with E-state index in [0.29, 0.717) is 10.8 Å². The first-order chi connectivity index (χ1) is 11.4. The van der Waals surface area contributed by atoms with Gasteiger partial charge in [-0.25, -0.2) is 0 Å². The van der Waals surface area contributed by atoms with Crippen LogP contribution in [0.25, 0.3) is 0 Å². The predicted molar refractivity (Wildman–Crippen MR) is 105 cm³/mol. The van der Waals surface area contributed by atoms with Gasteiger partial charge in [0, 0.05) is 10.7 Å². The van der Waals surface area contributed by atoms with Crippen LogP contribution in [0, 0.1) is 34.5 Å². The fourth-order valence-electron chi connectivity index (χ4n) is 8.01. The van der Waals surface area contributed by atoms with Crippen molar-refractivity contribution in [2.24, 2.45) is 34.5 Å². The Balaban J connectivity index is 1.63. The van der Waals surface area contributed by atoms with Crippen molar-refractivity contribution in [2.75, 3.05) is 5.33 Å². The molecule has 0 aromatic rings. The molecule has 0 saturated heterocycles. The van der Waals surface area contributed by atoms with E-state index < -0.39 is 5.60 Å². The van der Waals surface area contributed by atoms with Gasteiger partial charge in [0.25, 0.3) is 0 Å². The predicted octanol–water partition coefficient (Wildman–Crippen LogP) is 6.15. The molecule has 1 N–H and O–H groups in total. The number of rotatable bonds is 2. The van der Waals surface area contributed by atoms with E-state index in [0.717, 1.165) is 41.8 Å². The summed E-state index contributed by atoms with van der Waals surface area (Å²) in [7, 11) is 0. The molecule has 4 aliphatic rings. The van der Waals surface area contributed by atoms with Crippen LogP contribution in [0.15, 0.2) is 0 Å². The fraction of sp³-hybridized carbons (Fsp3) is 1.00. The molecule has 24 heavy (non-hydrogen) atoms. The third kappa shape index (κ3) is 2.34. The van der Waals surface area contributed by atoms with E-state index in [-0.39, 0.29) is 5.41 Å². The summed E-state index contributed by atoms with van der Waals surface area (Å²) in [4.78, 5) is 0. The second-order valence-corrected chi connectivity index (χ2v) is 11.3. The molecule has 0 aromatic carbocycles. The van der Waals surface area contributed by atoms with Crippen molar-refractivity contribution in [1.29, 1.82) is 0 Å². The largest absolute Gasteiger partial charge is 0.389 e. The van der Waals surface area contributed by atoms with Crippen LogP contribution in [0.5, 0.6) is 0 Å². The monoisotopic (exact) mass is 416 g/mol. The number of hydrogen-bond donors (Lipinski definition) is 1. The van der Waals surface area contributed by atoms with E-state index in [1.54, 1.807) is 0 Å². The second kappa shape index (κ2) is 6.13. The van der Waals surface area contributed by atoms with Crippen LogP contribution in [0.4, 0.5) is 0 Å². The number of hydrogen-bond acceptors (Lipinski definition) is 1. The average molecular weight is 418 g/mol. The van der Waals surface area contributed by atoms with E-state index in [2.05, 4.69) is 29.8 Å². The smallest absolute Gasteiger partial charge is 0.0711 e. The van der Waals surface area contributed by atoms with Crippen molar-refractivity contribution in [3.63, 3.8) is 0 Å². The first kappa shape index (κ1) is 18.1. The summed E-state index contributed by atoms with van der Waals surface area (Å²) in [5.41, 5.74) is 0.163. The lowest BCUT2D eigenvalue weighted by Crippen LogP contribution is -2.57. The molecule has 4 rings (SSSR count). The molecule has 0 radical (unpaired) electrons. The zero-order chi connectivity index (χ0) is 17.2. The van der Waals surface area contributed by atoms with Gasteiger partial charge in [-0.15, -0.1) is 11.6 Å². The topological polar surface area (TPSA) is 20.2 Å². The van der Waals surface area contributed by atoms with Gasteiger partial charge in [0.1, 0.15) is 0 Å². The van der Waals surface area contributed by atoms with Gasteiger partial charge in [-0.3, -0.25) is 0 Å². The van der Waals surface area contributed by atoms with E-state index >= 15 is 0 Å². The Morgan fingerprint density at radius 3 is 2.46 bits per heavy atom. The lowest BCUT2D eigenvalue weighted by atomic mass is 9.44. The van der Waals surface area contributed by atoms with E-state index in [4.69, 9.17) is 11.6 Å². The SMILES string of the molecule is C[C@]12CCCC(Cl)C1CC[C@@H]1[C@@H]2CC[C@@]2(C)[C@H]1CC[C@]2(O)CCBr. The van der Waals surface area contributed by atoms with Crippen LogP contribution in [0.1, 0.15) is 78.1 Å². The Morgan fingerprint density at radius 2 is 1.71 bits per heavy atom. The van der Waals surface area contributed by atoms with Crippen LogP contribution in [-0.2, 0) is 0 Å². The molecule has 0 spiro atoms. The summed E-state index contributed by atoms with van der Waals surface area (Å²) in [6, 6.07) is 0. The van der Waals surface area contributed by atoms with Crippen LogP contribution >= 0.6 is 27.5 Å². The lowest BCUT2D eigenvalue weighted by Gasteiger charge is -2.62. The maximum Gasteiger partial charge on any atom is 0.0711 e. The first-order valence-corrected chi connectivity index (χ1v) is 11.8. The molecule has 0 amide bonds. The minimum Gasteiger partial charge on any atom is -0.389 e. The highest BCUT2D eigenvalue weighted by Gasteiger charge is 2.64. The van der Waals surface area contributed by atoms with E-state index in [1.165, 1.54) is 51.4 Å². The molecule has 1 nitrogen and oxygen atoms in total. The maximum absolute atomic E-state index is 11.4. The standard InChI is InChI=1S/C21H34BrClO/c1-19-9-3-4-18(23)17(19)6-5-14-15(19)7-10-20(2)16(14)8-11-21(20,24)12-13-22/h14-18,24H,3-13H2,1-2H3/t14-,15+,16+,17?,18?,19-,20+,21+/m1/s1. The molecule has 4 aliphatic carbocycles. The van der Waals surface area contributed by atoms with E-state index in [9.17, 15) is 5.11 Å². The molecule has 4 saturated carbocycles. The van der Waals surface area contributed by atoms with Crippen molar-refractivity contribution in [2.45, 2.75) is 89.0 Å². The van der Waals surface area contributed by atoms with Gasteiger partial charge in [-0.1, -0.05) is 36.2 Å². The van der Waals surface area contributed by atoms with Crippen molar-refractivity contribution in [1.82, 2.24) is 0 Å². The Morgan fingerprint density at radius 1 is 0.958 bits per heavy atom. The summed E-state index contributed by atoms with van der Waals surface area (Å²) >= 11 is 10.4. The zero-order valence-electron chi connectivity index (χ0n) is 15.4. The molecule has 0 heterocycles. The molecular formula is C21H34BrClO. The molecule has 0 aliphatic heterocycles. The molecule has 3 heteroatoms. The molecule has 2 unspecified atom stereocenters. The third-order valence-corrected chi connectivity index (χ3v) is 10.3. The summed E-state index contributed by atoms with van der Waals surface area (Å²) in [6.07, 6.45) is 12.3. The molecule has 8 atom stereocenters. The van der Waals surface area contributed by atoms with Gasteiger partial charge in [-0.2, -0.15) is 0 Å². The van der Waals surface area contributed by atoms with Gasteiger partial charge in [-0.05, 0) is 92.3 Å². The quantitative estimate of drug-likeness (QED) is 0.534. The Bertz CT molecular complexity index is 498. The number of aliphatic hydroxyl groups is 1. The van der Waals surface area contributed by atoms with Gasteiger partial charge >= 0.3 is 0 Å². The molecule has 0 bridgehead atoms. The molecule has 0 aromatic heterocycles. The highest BCUT2D eigenvalue weighted by molar-refractivity contribution is 9.09. The van der Waals surface area contributed by atoms with Crippen molar-refractivity contribution >= 4 is 27.5 Å².